The average Bonchev–Trinajstić information content (AvgIpc) is 2.38. The standard InChI is InChI=1S/C13H14N2O3/c1-10(17)14-5-6-15(13(18)8-14)12-4-2-3-11(7-12)9-16/h2-4,7,9H,5-6,8H2,1H3. The van der Waals surface area contributed by atoms with Gasteiger partial charge in [0.2, 0.25) is 11.8 Å². The zero-order valence-corrected chi connectivity index (χ0v) is 10.1. The van der Waals surface area contributed by atoms with Gasteiger partial charge in [0, 0.05) is 31.3 Å². The summed E-state index contributed by atoms with van der Waals surface area (Å²) in [6.45, 7) is 2.53. The highest BCUT2D eigenvalue weighted by Gasteiger charge is 2.26. The van der Waals surface area contributed by atoms with E-state index in [1.54, 1.807) is 29.2 Å². The molecule has 1 fully saturated rings. The number of carbonyl (C=O) groups is 3. The molecule has 0 bridgehead atoms. The summed E-state index contributed by atoms with van der Waals surface area (Å²) in [5.74, 6) is -0.218. The number of hydrogen-bond donors (Lipinski definition) is 0. The van der Waals surface area contributed by atoms with Crippen molar-refractivity contribution in [3.8, 4) is 0 Å². The van der Waals surface area contributed by atoms with Gasteiger partial charge < -0.3 is 9.80 Å². The molecule has 5 nitrogen and oxygen atoms in total. The van der Waals surface area contributed by atoms with Crippen LogP contribution in [0.1, 0.15) is 17.3 Å². The van der Waals surface area contributed by atoms with Crippen molar-refractivity contribution >= 4 is 23.8 Å². The molecule has 0 aromatic heterocycles. The summed E-state index contributed by atoms with van der Waals surface area (Å²) in [6.07, 6.45) is 0.750. The Morgan fingerprint density at radius 2 is 2.11 bits per heavy atom. The predicted molar refractivity (Wildman–Crippen MR) is 66.4 cm³/mol. The molecular formula is C13H14N2O3. The van der Waals surface area contributed by atoms with Crippen LogP contribution in [0.4, 0.5) is 5.69 Å². The van der Waals surface area contributed by atoms with Crippen molar-refractivity contribution in [3.05, 3.63) is 29.8 Å². The smallest absolute Gasteiger partial charge is 0.246 e. The van der Waals surface area contributed by atoms with Crippen molar-refractivity contribution < 1.29 is 14.4 Å². The minimum atomic E-state index is -0.125. The molecule has 5 heteroatoms. The molecule has 1 aromatic carbocycles. The van der Waals surface area contributed by atoms with Crippen LogP contribution in [-0.4, -0.2) is 42.6 Å². The maximum Gasteiger partial charge on any atom is 0.246 e. The first-order chi connectivity index (χ1) is 8.61. The molecule has 0 radical (unpaired) electrons. The molecule has 0 N–H and O–H groups in total. The number of anilines is 1. The predicted octanol–water partition coefficient (Wildman–Crippen LogP) is 0.694. The zero-order chi connectivity index (χ0) is 13.1. The van der Waals surface area contributed by atoms with Gasteiger partial charge in [-0.05, 0) is 12.1 Å². The Bertz CT molecular complexity index is 499. The molecule has 0 saturated carbocycles. The molecule has 94 valence electrons. The van der Waals surface area contributed by atoms with E-state index in [0.717, 1.165) is 6.29 Å². The number of hydrogen-bond acceptors (Lipinski definition) is 3. The third kappa shape index (κ3) is 2.40. The first-order valence-electron chi connectivity index (χ1n) is 5.73. The van der Waals surface area contributed by atoms with Crippen LogP contribution in [0.5, 0.6) is 0 Å². The first-order valence-corrected chi connectivity index (χ1v) is 5.73. The third-order valence-electron chi connectivity index (χ3n) is 2.98. The lowest BCUT2D eigenvalue weighted by Gasteiger charge is -2.33. The van der Waals surface area contributed by atoms with Gasteiger partial charge in [0.15, 0.2) is 0 Å². The molecule has 1 aliphatic heterocycles. The number of amides is 2. The van der Waals surface area contributed by atoms with E-state index in [2.05, 4.69) is 0 Å². The maximum absolute atomic E-state index is 12.0. The fraction of sp³-hybridized carbons (Fsp3) is 0.308. The Kier molecular flexibility index (Phi) is 3.41. The highest BCUT2D eigenvalue weighted by molar-refractivity contribution is 5.98. The molecule has 2 rings (SSSR count). The SMILES string of the molecule is CC(=O)N1CCN(c2cccc(C=O)c2)C(=O)C1. The van der Waals surface area contributed by atoms with Crippen LogP contribution < -0.4 is 4.90 Å². The molecule has 0 aliphatic carbocycles. The van der Waals surface area contributed by atoms with E-state index in [1.165, 1.54) is 11.8 Å². The minimum Gasteiger partial charge on any atom is -0.332 e. The average molecular weight is 246 g/mol. The fourth-order valence-electron chi connectivity index (χ4n) is 1.98. The van der Waals surface area contributed by atoms with Gasteiger partial charge in [0.05, 0.1) is 0 Å². The van der Waals surface area contributed by atoms with Crippen LogP contribution in [0.25, 0.3) is 0 Å². The van der Waals surface area contributed by atoms with Gasteiger partial charge in [0.1, 0.15) is 12.8 Å². The van der Waals surface area contributed by atoms with Crippen molar-refractivity contribution in [2.24, 2.45) is 0 Å². The monoisotopic (exact) mass is 246 g/mol. The quantitative estimate of drug-likeness (QED) is 0.721. The summed E-state index contributed by atoms with van der Waals surface area (Å²) in [5.41, 5.74) is 1.24. The number of aldehydes is 1. The van der Waals surface area contributed by atoms with Crippen LogP contribution >= 0.6 is 0 Å². The molecule has 1 aromatic rings. The van der Waals surface area contributed by atoms with Crippen molar-refractivity contribution in [3.63, 3.8) is 0 Å². The minimum absolute atomic E-state index is 0.0929. The fourth-order valence-corrected chi connectivity index (χ4v) is 1.98. The molecule has 0 unspecified atom stereocenters. The van der Waals surface area contributed by atoms with Crippen LogP contribution in [0, 0.1) is 0 Å². The van der Waals surface area contributed by atoms with E-state index in [9.17, 15) is 14.4 Å². The highest BCUT2D eigenvalue weighted by atomic mass is 16.2. The normalized spacial score (nSPS) is 15.7. The van der Waals surface area contributed by atoms with Crippen LogP contribution in [-0.2, 0) is 9.59 Å². The molecule has 1 saturated heterocycles. The highest BCUT2D eigenvalue weighted by Crippen LogP contribution is 2.18. The van der Waals surface area contributed by atoms with Gasteiger partial charge in [-0.25, -0.2) is 0 Å². The molecule has 0 atom stereocenters. The lowest BCUT2D eigenvalue weighted by atomic mass is 10.2. The lowest BCUT2D eigenvalue weighted by Crippen LogP contribution is -2.51. The molecule has 1 heterocycles. The number of piperazine rings is 1. The van der Waals surface area contributed by atoms with Gasteiger partial charge in [-0.1, -0.05) is 12.1 Å². The zero-order valence-electron chi connectivity index (χ0n) is 10.1. The van der Waals surface area contributed by atoms with Crippen LogP contribution in [0.15, 0.2) is 24.3 Å². The van der Waals surface area contributed by atoms with Crippen molar-refractivity contribution in [2.45, 2.75) is 6.92 Å². The molecule has 1 aliphatic rings. The van der Waals surface area contributed by atoms with Crippen LogP contribution in [0.2, 0.25) is 0 Å². The molecule has 18 heavy (non-hydrogen) atoms. The van der Waals surface area contributed by atoms with Gasteiger partial charge in [-0.2, -0.15) is 0 Å². The second-order valence-corrected chi connectivity index (χ2v) is 4.20. The Balaban J connectivity index is 2.17. The van der Waals surface area contributed by atoms with E-state index < -0.39 is 0 Å². The summed E-state index contributed by atoms with van der Waals surface area (Å²) >= 11 is 0. The first kappa shape index (κ1) is 12.3. The Morgan fingerprint density at radius 1 is 1.33 bits per heavy atom. The largest absolute Gasteiger partial charge is 0.332 e. The van der Waals surface area contributed by atoms with Gasteiger partial charge >= 0.3 is 0 Å². The topological polar surface area (TPSA) is 57.7 Å². The number of benzene rings is 1. The van der Waals surface area contributed by atoms with E-state index in [4.69, 9.17) is 0 Å². The van der Waals surface area contributed by atoms with E-state index >= 15 is 0 Å². The number of carbonyl (C=O) groups excluding carboxylic acids is 3. The summed E-state index contributed by atoms with van der Waals surface area (Å²) in [5, 5.41) is 0. The van der Waals surface area contributed by atoms with Crippen molar-refractivity contribution in [2.75, 3.05) is 24.5 Å². The van der Waals surface area contributed by atoms with Gasteiger partial charge in [-0.3, -0.25) is 14.4 Å². The summed E-state index contributed by atoms with van der Waals surface area (Å²) in [4.78, 5) is 37.0. The Morgan fingerprint density at radius 3 is 2.72 bits per heavy atom. The van der Waals surface area contributed by atoms with Crippen molar-refractivity contribution in [1.82, 2.24) is 4.90 Å². The summed E-state index contributed by atoms with van der Waals surface area (Å²) < 4.78 is 0. The Hall–Kier alpha value is -2.17. The number of rotatable bonds is 2. The lowest BCUT2D eigenvalue weighted by molar-refractivity contribution is -0.135. The maximum atomic E-state index is 12.0. The van der Waals surface area contributed by atoms with Crippen molar-refractivity contribution in [1.29, 1.82) is 0 Å². The van der Waals surface area contributed by atoms with Crippen LogP contribution in [0.3, 0.4) is 0 Å². The summed E-state index contributed by atoms with van der Waals surface area (Å²) in [7, 11) is 0. The van der Waals surface area contributed by atoms with E-state index in [0.29, 0.717) is 24.3 Å². The molecular weight excluding hydrogens is 232 g/mol. The molecule has 0 spiro atoms. The summed E-state index contributed by atoms with van der Waals surface area (Å²) in [6, 6.07) is 6.89. The third-order valence-corrected chi connectivity index (χ3v) is 2.98. The second kappa shape index (κ2) is 5.00. The van der Waals surface area contributed by atoms with Gasteiger partial charge in [-0.15, -0.1) is 0 Å². The Labute approximate surface area is 105 Å². The van der Waals surface area contributed by atoms with E-state index in [-0.39, 0.29) is 18.4 Å². The second-order valence-electron chi connectivity index (χ2n) is 4.20. The van der Waals surface area contributed by atoms with E-state index in [1.807, 2.05) is 0 Å². The molecule has 2 amide bonds. The van der Waals surface area contributed by atoms with Gasteiger partial charge in [0.25, 0.3) is 0 Å². The number of nitrogens with zero attached hydrogens (tertiary/aromatic N) is 2.